The smallest absolute Gasteiger partial charge is 0.310 e. The van der Waals surface area contributed by atoms with Crippen molar-refractivity contribution >= 4 is 46.5 Å². The summed E-state index contributed by atoms with van der Waals surface area (Å²) in [6.07, 6.45) is -0.0238. The molecule has 0 aliphatic carbocycles. The molecule has 0 aliphatic rings. The molecule has 0 atom stereocenters. The van der Waals surface area contributed by atoms with Gasteiger partial charge < -0.3 is 10.1 Å². The lowest BCUT2D eigenvalue weighted by atomic mass is 10.1. The van der Waals surface area contributed by atoms with E-state index >= 15 is 0 Å². The fourth-order valence-electron chi connectivity index (χ4n) is 2.03. The molecule has 2 aromatic rings. The van der Waals surface area contributed by atoms with E-state index in [0.29, 0.717) is 26.9 Å². The first-order valence-electron chi connectivity index (χ1n) is 7.35. The minimum Gasteiger partial charge on any atom is -0.455 e. The number of ether oxygens (including phenoxy) is 1. The predicted molar refractivity (Wildman–Crippen MR) is 96.2 cm³/mol. The maximum Gasteiger partial charge on any atom is 0.310 e. The van der Waals surface area contributed by atoms with Crippen molar-refractivity contribution in [3.05, 3.63) is 63.6 Å². The van der Waals surface area contributed by atoms with E-state index in [1.165, 1.54) is 6.92 Å². The van der Waals surface area contributed by atoms with Crippen LogP contribution in [-0.2, 0) is 20.7 Å². The van der Waals surface area contributed by atoms with Crippen LogP contribution in [0.3, 0.4) is 0 Å². The molecule has 0 saturated heterocycles. The first kappa shape index (κ1) is 19.0. The van der Waals surface area contributed by atoms with Crippen LogP contribution in [0.5, 0.6) is 0 Å². The van der Waals surface area contributed by atoms with Crippen LogP contribution >= 0.6 is 23.2 Å². The molecule has 0 radical (unpaired) electrons. The zero-order valence-corrected chi connectivity index (χ0v) is 14.9. The number of benzene rings is 2. The summed E-state index contributed by atoms with van der Waals surface area (Å²) in [5, 5.41) is 3.30. The van der Waals surface area contributed by atoms with Crippen LogP contribution in [-0.4, -0.2) is 24.3 Å². The highest BCUT2D eigenvalue weighted by molar-refractivity contribution is 6.42. The van der Waals surface area contributed by atoms with E-state index in [2.05, 4.69) is 5.32 Å². The minimum absolute atomic E-state index is 0.0238. The lowest BCUT2D eigenvalue weighted by Gasteiger charge is -2.08. The van der Waals surface area contributed by atoms with E-state index in [4.69, 9.17) is 27.9 Å². The number of carbonyl (C=O) groups excluding carboxylic acids is 3. The number of ketones is 1. The molecule has 0 fully saturated rings. The number of amides is 1. The van der Waals surface area contributed by atoms with Crippen molar-refractivity contribution < 1.29 is 19.1 Å². The molecule has 2 rings (SSSR count). The molecule has 1 N–H and O–H groups in total. The van der Waals surface area contributed by atoms with Crippen molar-refractivity contribution in [3.8, 4) is 0 Å². The Morgan fingerprint density at radius 3 is 2.48 bits per heavy atom. The summed E-state index contributed by atoms with van der Waals surface area (Å²) < 4.78 is 4.93. The SMILES string of the molecule is CC(=O)c1cccc(NC(=O)COC(=O)Cc2ccc(Cl)c(Cl)c2)c1. The van der Waals surface area contributed by atoms with E-state index in [0.717, 1.165) is 0 Å². The van der Waals surface area contributed by atoms with Crippen LogP contribution < -0.4 is 5.32 Å². The van der Waals surface area contributed by atoms with Gasteiger partial charge in [0.25, 0.3) is 5.91 Å². The summed E-state index contributed by atoms with van der Waals surface area (Å²) in [6.45, 7) is 1.01. The second-order valence-electron chi connectivity index (χ2n) is 5.27. The van der Waals surface area contributed by atoms with Crippen LogP contribution in [0, 0.1) is 0 Å². The molecule has 0 aliphatic heterocycles. The van der Waals surface area contributed by atoms with Crippen LogP contribution in [0.1, 0.15) is 22.8 Å². The summed E-state index contributed by atoms with van der Waals surface area (Å²) in [7, 11) is 0. The Labute approximate surface area is 154 Å². The zero-order chi connectivity index (χ0) is 18.4. The maximum absolute atomic E-state index is 11.8. The van der Waals surface area contributed by atoms with Crippen molar-refractivity contribution in [1.82, 2.24) is 0 Å². The van der Waals surface area contributed by atoms with Gasteiger partial charge in [-0.25, -0.2) is 0 Å². The third-order valence-corrected chi connectivity index (χ3v) is 3.99. The van der Waals surface area contributed by atoms with E-state index in [1.54, 1.807) is 42.5 Å². The molecule has 0 heterocycles. The number of carbonyl (C=O) groups is 3. The molecular weight excluding hydrogens is 365 g/mol. The number of hydrogen-bond acceptors (Lipinski definition) is 4. The van der Waals surface area contributed by atoms with Crippen LogP contribution in [0.25, 0.3) is 0 Å². The number of esters is 1. The van der Waals surface area contributed by atoms with E-state index in [9.17, 15) is 14.4 Å². The lowest BCUT2D eigenvalue weighted by Crippen LogP contribution is -2.21. The van der Waals surface area contributed by atoms with Gasteiger partial charge in [0.2, 0.25) is 0 Å². The fraction of sp³-hybridized carbons (Fsp3) is 0.167. The average Bonchev–Trinajstić information content (AvgIpc) is 2.56. The van der Waals surface area contributed by atoms with Gasteiger partial charge in [-0.05, 0) is 36.8 Å². The number of hydrogen-bond donors (Lipinski definition) is 1. The Hall–Kier alpha value is -2.37. The maximum atomic E-state index is 11.8. The van der Waals surface area contributed by atoms with Crippen LogP contribution in [0.4, 0.5) is 5.69 Å². The lowest BCUT2D eigenvalue weighted by molar-refractivity contribution is -0.146. The Morgan fingerprint density at radius 1 is 1.04 bits per heavy atom. The van der Waals surface area contributed by atoms with Crippen molar-refractivity contribution in [3.63, 3.8) is 0 Å². The number of halogens is 2. The van der Waals surface area contributed by atoms with Gasteiger partial charge >= 0.3 is 5.97 Å². The summed E-state index contributed by atoms with van der Waals surface area (Å²) in [6, 6.07) is 11.3. The topological polar surface area (TPSA) is 72.5 Å². The van der Waals surface area contributed by atoms with E-state index in [-0.39, 0.29) is 12.2 Å². The summed E-state index contributed by atoms with van der Waals surface area (Å²) in [4.78, 5) is 34.9. The van der Waals surface area contributed by atoms with Crippen molar-refractivity contribution in [2.45, 2.75) is 13.3 Å². The van der Waals surface area contributed by atoms with Gasteiger partial charge in [-0.1, -0.05) is 41.4 Å². The first-order chi connectivity index (χ1) is 11.8. The highest BCUT2D eigenvalue weighted by atomic mass is 35.5. The Kier molecular flexibility index (Phi) is 6.56. The summed E-state index contributed by atoms with van der Waals surface area (Å²) in [5.74, 6) is -1.17. The summed E-state index contributed by atoms with van der Waals surface area (Å²) in [5.41, 5.74) is 1.57. The molecule has 7 heteroatoms. The third-order valence-electron chi connectivity index (χ3n) is 3.25. The highest BCUT2D eigenvalue weighted by Gasteiger charge is 2.10. The second kappa shape index (κ2) is 8.65. The standard InChI is InChI=1S/C18H15Cl2NO4/c1-11(22)13-3-2-4-14(9-13)21-17(23)10-25-18(24)8-12-5-6-15(19)16(20)7-12/h2-7,9H,8,10H2,1H3,(H,21,23). The van der Waals surface area contributed by atoms with Crippen LogP contribution in [0.15, 0.2) is 42.5 Å². The van der Waals surface area contributed by atoms with Gasteiger partial charge in [0.05, 0.1) is 16.5 Å². The van der Waals surface area contributed by atoms with Crippen LogP contribution in [0.2, 0.25) is 10.0 Å². The molecule has 1 amide bonds. The molecule has 0 saturated carbocycles. The molecule has 0 unspecified atom stereocenters. The molecule has 5 nitrogen and oxygen atoms in total. The molecule has 0 spiro atoms. The number of anilines is 1. The Bertz CT molecular complexity index is 820. The number of Topliss-reactive ketones (excluding diaryl/α,β-unsaturated/α-hetero) is 1. The van der Waals surface area contributed by atoms with Crippen molar-refractivity contribution in [2.24, 2.45) is 0 Å². The van der Waals surface area contributed by atoms with Gasteiger partial charge in [-0.15, -0.1) is 0 Å². The predicted octanol–water partition coefficient (Wildman–Crippen LogP) is 3.92. The Morgan fingerprint density at radius 2 is 1.80 bits per heavy atom. The van der Waals surface area contributed by atoms with Gasteiger partial charge in [0, 0.05) is 11.3 Å². The quantitative estimate of drug-likeness (QED) is 0.609. The van der Waals surface area contributed by atoms with Crippen molar-refractivity contribution in [2.75, 3.05) is 11.9 Å². The molecule has 2 aromatic carbocycles. The molecule has 25 heavy (non-hydrogen) atoms. The fourth-order valence-corrected chi connectivity index (χ4v) is 2.35. The van der Waals surface area contributed by atoms with Gasteiger partial charge in [-0.2, -0.15) is 0 Å². The van der Waals surface area contributed by atoms with E-state index in [1.807, 2.05) is 0 Å². The average molecular weight is 380 g/mol. The normalized spacial score (nSPS) is 10.2. The Balaban J connectivity index is 1.85. The highest BCUT2D eigenvalue weighted by Crippen LogP contribution is 2.22. The van der Waals surface area contributed by atoms with Gasteiger partial charge in [-0.3, -0.25) is 14.4 Å². The third kappa shape index (κ3) is 5.89. The zero-order valence-electron chi connectivity index (χ0n) is 13.3. The minimum atomic E-state index is -0.564. The second-order valence-corrected chi connectivity index (χ2v) is 6.09. The van der Waals surface area contributed by atoms with Gasteiger partial charge in [0.1, 0.15) is 0 Å². The van der Waals surface area contributed by atoms with Gasteiger partial charge in [0.15, 0.2) is 12.4 Å². The molecule has 130 valence electrons. The molecule has 0 aromatic heterocycles. The van der Waals surface area contributed by atoms with E-state index < -0.39 is 18.5 Å². The monoisotopic (exact) mass is 379 g/mol. The first-order valence-corrected chi connectivity index (χ1v) is 8.11. The number of nitrogens with one attached hydrogen (secondary N) is 1. The summed E-state index contributed by atoms with van der Waals surface area (Å²) >= 11 is 11.7. The number of rotatable bonds is 6. The largest absolute Gasteiger partial charge is 0.455 e. The van der Waals surface area contributed by atoms with Crippen molar-refractivity contribution in [1.29, 1.82) is 0 Å². The molecule has 0 bridgehead atoms. The molecular formula is C18H15Cl2NO4.